The maximum atomic E-state index is 5.24. The van der Waals surface area contributed by atoms with Crippen LogP contribution in [0.15, 0.2) is 20.2 Å². The zero-order valence-electron chi connectivity index (χ0n) is 14.9. The van der Waals surface area contributed by atoms with E-state index in [2.05, 4.69) is 56.1 Å². The summed E-state index contributed by atoms with van der Waals surface area (Å²) >= 11 is 3.37. The number of nitrogens with one attached hydrogen (secondary N) is 1. The van der Waals surface area contributed by atoms with Crippen LogP contribution in [0, 0.1) is 6.92 Å². The minimum atomic E-state index is 0.445. The molecule has 0 unspecified atom stereocenters. The Morgan fingerprint density at radius 1 is 1.35 bits per heavy atom. The van der Waals surface area contributed by atoms with Gasteiger partial charge in [-0.3, -0.25) is 4.99 Å². The van der Waals surface area contributed by atoms with Gasteiger partial charge in [-0.2, -0.15) is 9.97 Å². The first-order valence-electron chi connectivity index (χ1n) is 8.17. The van der Waals surface area contributed by atoms with E-state index in [0.29, 0.717) is 30.1 Å². The Hall–Kier alpha value is -2.43. The average molecular weight is 425 g/mol. The first kappa shape index (κ1) is 18.4. The highest BCUT2D eigenvalue weighted by molar-refractivity contribution is 9.10. The molecule has 0 radical (unpaired) electrons. The van der Waals surface area contributed by atoms with Crippen LogP contribution in [-0.4, -0.2) is 71.3 Å². The molecule has 3 rings (SSSR count). The van der Waals surface area contributed by atoms with Crippen molar-refractivity contribution < 1.29 is 9.26 Å². The van der Waals surface area contributed by atoms with Gasteiger partial charge < -0.3 is 24.4 Å². The van der Waals surface area contributed by atoms with Gasteiger partial charge in [0, 0.05) is 33.2 Å². The standard InChI is InChI=1S/C15H21BrN8O2/c1-10-20-12(26-22-10)9-19-14(17-2)23-4-6-24(7-5-23)15-18-8-11(16)13(21-15)25-3/h8H,4-7,9H2,1-3H3,(H,17,19). The number of halogens is 1. The number of anilines is 1. The Labute approximate surface area is 159 Å². The summed E-state index contributed by atoms with van der Waals surface area (Å²) < 4.78 is 11.1. The number of guanidine groups is 1. The molecule has 26 heavy (non-hydrogen) atoms. The van der Waals surface area contributed by atoms with Gasteiger partial charge in [-0.05, 0) is 22.9 Å². The summed E-state index contributed by atoms with van der Waals surface area (Å²) in [7, 11) is 3.35. The van der Waals surface area contributed by atoms with Gasteiger partial charge in [0.1, 0.15) is 0 Å². The van der Waals surface area contributed by atoms with Gasteiger partial charge in [0.15, 0.2) is 11.8 Å². The molecule has 0 bridgehead atoms. The number of aliphatic imine (C=N–C) groups is 1. The Balaban J connectivity index is 1.56. The third-order valence-electron chi connectivity index (χ3n) is 3.93. The number of hydrogen-bond donors (Lipinski definition) is 1. The molecule has 0 saturated carbocycles. The predicted octanol–water partition coefficient (Wildman–Crippen LogP) is 0.837. The van der Waals surface area contributed by atoms with Crippen LogP contribution in [0.1, 0.15) is 11.7 Å². The molecule has 0 aliphatic carbocycles. The van der Waals surface area contributed by atoms with Crippen LogP contribution in [0.5, 0.6) is 5.88 Å². The first-order valence-corrected chi connectivity index (χ1v) is 8.96. The molecule has 1 aliphatic heterocycles. The number of nitrogens with zero attached hydrogens (tertiary/aromatic N) is 7. The second-order valence-electron chi connectivity index (χ2n) is 5.64. The molecule has 2 aromatic rings. The van der Waals surface area contributed by atoms with Gasteiger partial charge in [-0.1, -0.05) is 5.16 Å². The summed E-state index contributed by atoms with van der Waals surface area (Å²) in [6.45, 7) is 5.39. The summed E-state index contributed by atoms with van der Waals surface area (Å²) in [6, 6.07) is 0. The lowest BCUT2D eigenvalue weighted by atomic mass is 10.3. The Bertz CT molecular complexity index is 773. The SMILES string of the molecule is CN=C(NCc1nc(C)no1)N1CCN(c2ncc(Br)c(OC)n2)CC1. The maximum Gasteiger partial charge on any atom is 0.246 e. The molecule has 1 aliphatic rings. The summed E-state index contributed by atoms with van der Waals surface area (Å²) in [5.74, 6) is 3.15. The number of aromatic nitrogens is 4. The lowest BCUT2D eigenvalue weighted by Crippen LogP contribution is -2.52. The molecule has 140 valence electrons. The molecule has 10 nitrogen and oxygen atoms in total. The molecule has 0 aromatic carbocycles. The Morgan fingerprint density at radius 2 is 2.12 bits per heavy atom. The number of aryl methyl sites for hydroxylation is 1. The summed E-state index contributed by atoms with van der Waals surface area (Å²) in [5, 5.41) is 7.04. The van der Waals surface area contributed by atoms with Gasteiger partial charge in [-0.25, -0.2) is 4.98 Å². The highest BCUT2D eigenvalue weighted by Gasteiger charge is 2.22. The minimum Gasteiger partial charge on any atom is -0.480 e. The van der Waals surface area contributed by atoms with E-state index in [1.165, 1.54) is 0 Å². The fraction of sp³-hybridized carbons (Fsp3) is 0.533. The van der Waals surface area contributed by atoms with Crippen molar-refractivity contribution in [3.63, 3.8) is 0 Å². The Morgan fingerprint density at radius 3 is 2.73 bits per heavy atom. The maximum absolute atomic E-state index is 5.24. The molecule has 0 atom stereocenters. The Kier molecular flexibility index (Phi) is 5.86. The van der Waals surface area contributed by atoms with Crippen molar-refractivity contribution in [2.45, 2.75) is 13.5 Å². The molecular formula is C15H21BrN8O2. The van der Waals surface area contributed by atoms with Crippen molar-refractivity contribution in [3.8, 4) is 5.88 Å². The second kappa shape index (κ2) is 8.30. The number of piperazine rings is 1. The fourth-order valence-corrected chi connectivity index (χ4v) is 3.01. The largest absolute Gasteiger partial charge is 0.480 e. The third-order valence-corrected chi connectivity index (χ3v) is 4.48. The highest BCUT2D eigenvalue weighted by atomic mass is 79.9. The van der Waals surface area contributed by atoms with Crippen molar-refractivity contribution in [1.82, 2.24) is 30.3 Å². The van der Waals surface area contributed by atoms with E-state index in [9.17, 15) is 0 Å². The third kappa shape index (κ3) is 4.21. The summed E-state index contributed by atoms with van der Waals surface area (Å²) in [6.07, 6.45) is 1.71. The van der Waals surface area contributed by atoms with Crippen LogP contribution in [0.2, 0.25) is 0 Å². The molecule has 2 aromatic heterocycles. The van der Waals surface area contributed by atoms with Crippen molar-refractivity contribution in [1.29, 1.82) is 0 Å². The minimum absolute atomic E-state index is 0.445. The topological polar surface area (TPSA) is 105 Å². The number of methoxy groups -OCH3 is 1. The van der Waals surface area contributed by atoms with Gasteiger partial charge in [0.2, 0.25) is 17.7 Å². The predicted molar refractivity (Wildman–Crippen MR) is 99.3 cm³/mol. The van der Waals surface area contributed by atoms with E-state index in [4.69, 9.17) is 9.26 Å². The first-order chi connectivity index (χ1) is 12.6. The zero-order valence-corrected chi connectivity index (χ0v) is 16.5. The van der Waals surface area contributed by atoms with Gasteiger partial charge in [0.25, 0.3) is 0 Å². The smallest absolute Gasteiger partial charge is 0.246 e. The second-order valence-corrected chi connectivity index (χ2v) is 6.49. The van der Waals surface area contributed by atoms with Crippen LogP contribution >= 0.6 is 15.9 Å². The molecule has 11 heteroatoms. The van der Waals surface area contributed by atoms with Crippen molar-refractivity contribution in [2.75, 3.05) is 45.2 Å². The zero-order chi connectivity index (χ0) is 18.5. The highest BCUT2D eigenvalue weighted by Crippen LogP contribution is 2.23. The average Bonchev–Trinajstić information content (AvgIpc) is 3.08. The lowest BCUT2D eigenvalue weighted by molar-refractivity contribution is 0.351. The van der Waals surface area contributed by atoms with Gasteiger partial charge >= 0.3 is 0 Å². The number of ether oxygens (including phenoxy) is 1. The van der Waals surface area contributed by atoms with Crippen LogP contribution < -0.4 is 15.0 Å². The van der Waals surface area contributed by atoms with Crippen LogP contribution in [0.25, 0.3) is 0 Å². The van der Waals surface area contributed by atoms with Crippen LogP contribution in [0.4, 0.5) is 5.95 Å². The molecule has 1 fully saturated rings. The normalized spacial score (nSPS) is 15.3. The molecule has 1 N–H and O–H groups in total. The quantitative estimate of drug-likeness (QED) is 0.564. The number of hydrogen-bond acceptors (Lipinski definition) is 8. The van der Waals surface area contributed by atoms with E-state index >= 15 is 0 Å². The van der Waals surface area contributed by atoms with Gasteiger partial charge in [0.05, 0.1) is 24.3 Å². The van der Waals surface area contributed by atoms with Crippen molar-refractivity contribution in [2.24, 2.45) is 4.99 Å². The molecule has 1 saturated heterocycles. The van der Waals surface area contributed by atoms with E-state index < -0.39 is 0 Å². The monoisotopic (exact) mass is 424 g/mol. The molecule has 0 spiro atoms. The molecule has 0 amide bonds. The summed E-state index contributed by atoms with van der Waals surface area (Å²) in [5.41, 5.74) is 0. The van der Waals surface area contributed by atoms with Gasteiger partial charge in [-0.15, -0.1) is 0 Å². The van der Waals surface area contributed by atoms with Crippen molar-refractivity contribution in [3.05, 3.63) is 22.4 Å². The van der Waals surface area contributed by atoms with E-state index in [0.717, 1.165) is 36.6 Å². The fourth-order valence-electron chi connectivity index (χ4n) is 2.66. The summed E-state index contributed by atoms with van der Waals surface area (Å²) in [4.78, 5) is 21.6. The van der Waals surface area contributed by atoms with Crippen LogP contribution in [-0.2, 0) is 6.54 Å². The van der Waals surface area contributed by atoms with E-state index in [1.807, 2.05) is 0 Å². The van der Waals surface area contributed by atoms with Crippen LogP contribution in [0.3, 0.4) is 0 Å². The van der Waals surface area contributed by atoms with E-state index in [-0.39, 0.29) is 0 Å². The van der Waals surface area contributed by atoms with Crippen molar-refractivity contribution >= 4 is 27.8 Å². The molecule has 3 heterocycles. The lowest BCUT2D eigenvalue weighted by Gasteiger charge is -2.36. The number of rotatable bonds is 4. The molecular weight excluding hydrogens is 404 g/mol. The van der Waals surface area contributed by atoms with E-state index in [1.54, 1.807) is 27.3 Å².